The van der Waals surface area contributed by atoms with Crippen LogP contribution < -0.4 is 0 Å². The zero-order valence-corrected chi connectivity index (χ0v) is 62.7. The molecule has 0 aromatic rings. The predicted molar refractivity (Wildman–Crippen MR) is 377 cm³/mol. The lowest BCUT2D eigenvalue weighted by Gasteiger charge is -2.21. The molecule has 552 valence electrons. The predicted octanol–water partition coefficient (Wildman–Crippen LogP) is 21.3. The summed E-state index contributed by atoms with van der Waals surface area (Å²) in [5.74, 6) is 0.855. The standard InChI is InChI=1S/C74H144O17P2/c1-9-67(8)53-45-37-31-33-39-47-55-72(77)85-61-70(91-73(78)56-48-40-28-24-19-17-15-13-11-10-12-14-16-18-22-26-34-42-50-64(2)3)63-89-93(82,83)87-59-68(75)58-86-92(80,81)88-62-69(60-84-71(76)54-46-38-32-30-36-44-52-66(6)7)90-74(79)57-49-41-29-25-21-20-23-27-35-43-51-65(4)5/h64-70,75H,9-63H2,1-8H3,(H,80,81)(H,82,83)/t67?,68-,69+,70+/m0/s1. The zero-order valence-electron chi connectivity index (χ0n) is 60.9. The van der Waals surface area contributed by atoms with E-state index >= 15 is 0 Å². The number of aliphatic hydroxyl groups is 1. The highest BCUT2D eigenvalue weighted by atomic mass is 31.2. The Kier molecular flexibility index (Phi) is 62.2. The van der Waals surface area contributed by atoms with Gasteiger partial charge in [0.05, 0.1) is 26.4 Å². The van der Waals surface area contributed by atoms with Crippen LogP contribution in [0, 0.1) is 23.7 Å². The van der Waals surface area contributed by atoms with Gasteiger partial charge in [-0.25, -0.2) is 9.13 Å². The minimum absolute atomic E-state index is 0.104. The van der Waals surface area contributed by atoms with Crippen molar-refractivity contribution in [3.63, 3.8) is 0 Å². The average Bonchev–Trinajstić information content (AvgIpc) is 1.98. The lowest BCUT2D eigenvalue weighted by atomic mass is 10.00. The summed E-state index contributed by atoms with van der Waals surface area (Å²) >= 11 is 0. The van der Waals surface area contributed by atoms with E-state index in [9.17, 15) is 43.2 Å². The van der Waals surface area contributed by atoms with Crippen molar-refractivity contribution in [1.82, 2.24) is 0 Å². The van der Waals surface area contributed by atoms with Gasteiger partial charge in [0.25, 0.3) is 0 Å². The van der Waals surface area contributed by atoms with Crippen molar-refractivity contribution in [3.05, 3.63) is 0 Å². The van der Waals surface area contributed by atoms with Crippen molar-refractivity contribution in [3.8, 4) is 0 Å². The van der Waals surface area contributed by atoms with Crippen LogP contribution in [0.25, 0.3) is 0 Å². The van der Waals surface area contributed by atoms with Crippen molar-refractivity contribution in [2.24, 2.45) is 23.7 Å². The molecular weight excluding hydrogens is 1220 g/mol. The van der Waals surface area contributed by atoms with Crippen molar-refractivity contribution in [2.75, 3.05) is 39.6 Å². The fraction of sp³-hybridized carbons (Fsp3) is 0.946. The van der Waals surface area contributed by atoms with Gasteiger partial charge in [0.15, 0.2) is 12.2 Å². The molecule has 3 unspecified atom stereocenters. The summed E-state index contributed by atoms with van der Waals surface area (Å²) in [5.41, 5.74) is 0. The maximum absolute atomic E-state index is 13.0. The Bertz CT molecular complexity index is 1840. The molecular formula is C74H144O17P2. The number of aliphatic hydroxyl groups excluding tert-OH is 1. The molecule has 0 heterocycles. The molecule has 93 heavy (non-hydrogen) atoms. The number of rotatable bonds is 71. The maximum atomic E-state index is 13.0. The summed E-state index contributed by atoms with van der Waals surface area (Å²) in [6, 6.07) is 0. The van der Waals surface area contributed by atoms with E-state index in [2.05, 4.69) is 55.4 Å². The van der Waals surface area contributed by atoms with E-state index in [1.807, 2.05) is 0 Å². The highest BCUT2D eigenvalue weighted by Gasteiger charge is 2.30. The molecule has 0 saturated heterocycles. The van der Waals surface area contributed by atoms with Gasteiger partial charge in [-0.1, -0.05) is 319 Å². The first-order valence-corrected chi connectivity index (χ1v) is 41.2. The Morgan fingerprint density at radius 1 is 0.301 bits per heavy atom. The van der Waals surface area contributed by atoms with Crippen LogP contribution in [0.4, 0.5) is 0 Å². The molecule has 0 saturated carbocycles. The molecule has 0 aromatic heterocycles. The van der Waals surface area contributed by atoms with Gasteiger partial charge in [0, 0.05) is 25.7 Å². The smallest absolute Gasteiger partial charge is 0.462 e. The van der Waals surface area contributed by atoms with Crippen molar-refractivity contribution in [2.45, 2.75) is 388 Å². The summed E-state index contributed by atoms with van der Waals surface area (Å²) in [7, 11) is -9.91. The fourth-order valence-electron chi connectivity index (χ4n) is 11.2. The topological polar surface area (TPSA) is 237 Å². The first-order chi connectivity index (χ1) is 44.6. The third-order valence-electron chi connectivity index (χ3n) is 17.4. The molecule has 0 aromatic carbocycles. The molecule has 0 aliphatic carbocycles. The first-order valence-electron chi connectivity index (χ1n) is 38.2. The molecule has 0 spiro atoms. The van der Waals surface area contributed by atoms with Crippen LogP contribution in [0.5, 0.6) is 0 Å². The molecule has 0 aliphatic heterocycles. The Morgan fingerprint density at radius 3 is 0.763 bits per heavy atom. The van der Waals surface area contributed by atoms with Crippen molar-refractivity contribution < 1.29 is 80.2 Å². The van der Waals surface area contributed by atoms with E-state index in [-0.39, 0.29) is 25.7 Å². The Morgan fingerprint density at radius 2 is 0.516 bits per heavy atom. The van der Waals surface area contributed by atoms with Gasteiger partial charge >= 0.3 is 39.5 Å². The van der Waals surface area contributed by atoms with Gasteiger partial charge in [-0.05, 0) is 49.4 Å². The SMILES string of the molecule is CCC(C)CCCCCCCCC(=O)OC[C@H](COP(=O)(O)OC[C@@H](O)COP(=O)(O)OC[C@@H](COC(=O)CCCCCCCCC(C)C)OC(=O)CCCCCCCCCCCCC(C)C)OC(=O)CCCCCCCCCCCCCCCCCCCCC(C)C. The number of phosphoric acid groups is 2. The van der Waals surface area contributed by atoms with Crippen LogP contribution in [-0.4, -0.2) is 96.7 Å². The van der Waals surface area contributed by atoms with E-state index in [1.54, 1.807) is 0 Å². The highest BCUT2D eigenvalue weighted by molar-refractivity contribution is 7.47. The third-order valence-corrected chi connectivity index (χ3v) is 19.3. The lowest BCUT2D eigenvalue weighted by Crippen LogP contribution is -2.30. The van der Waals surface area contributed by atoms with Gasteiger partial charge in [-0.2, -0.15) is 0 Å². The number of ether oxygens (including phenoxy) is 4. The second-order valence-corrected chi connectivity index (χ2v) is 31.3. The number of esters is 4. The van der Waals surface area contributed by atoms with Crippen LogP contribution in [-0.2, 0) is 65.4 Å². The van der Waals surface area contributed by atoms with E-state index in [4.69, 9.17) is 37.0 Å². The minimum Gasteiger partial charge on any atom is -0.462 e. The van der Waals surface area contributed by atoms with E-state index < -0.39 is 97.5 Å². The molecule has 0 radical (unpaired) electrons. The van der Waals surface area contributed by atoms with Gasteiger partial charge < -0.3 is 33.8 Å². The zero-order chi connectivity index (χ0) is 68.9. The maximum Gasteiger partial charge on any atom is 0.472 e. The number of carbonyl (C=O) groups is 4. The Hall–Kier alpha value is -1.94. The second kappa shape index (κ2) is 63.5. The Labute approximate surface area is 568 Å². The van der Waals surface area contributed by atoms with Crippen LogP contribution in [0.1, 0.15) is 370 Å². The summed E-state index contributed by atoms with van der Waals surface area (Å²) in [5, 5.41) is 10.6. The summed E-state index contributed by atoms with van der Waals surface area (Å²) in [6.45, 7) is 14.1. The van der Waals surface area contributed by atoms with E-state index in [0.717, 1.165) is 120 Å². The molecule has 0 bridgehead atoms. The molecule has 3 N–H and O–H groups in total. The molecule has 19 heteroatoms. The summed E-state index contributed by atoms with van der Waals surface area (Å²) < 4.78 is 68.4. The van der Waals surface area contributed by atoms with Crippen LogP contribution in [0.15, 0.2) is 0 Å². The molecule has 6 atom stereocenters. The molecule has 0 fully saturated rings. The van der Waals surface area contributed by atoms with Crippen molar-refractivity contribution in [1.29, 1.82) is 0 Å². The lowest BCUT2D eigenvalue weighted by molar-refractivity contribution is -0.161. The fourth-order valence-corrected chi connectivity index (χ4v) is 12.7. The molecule has 0 aliphatic rings. The number of hydrogen-bond acceptors (Lipinski definition) is 15. The van der Waals surface area contributed by atoms with Crippen molar-refractivity contribution >= 4 is 39.5 Å². The summed E-state index contributed by atoms with van der Waals surface area (Å²) in [6.07, 6.45) is 47.5. The quantitative estimate of drug-likeness (QED) is 0.0222. The minimum atomic E-state index is -4.96. The molecule has 0 rings (SSSR count). The second-order valence-electron chi connectivity index (χ2n) is 28.4. The highest BCUT2D eigenvalue weighted by Crippen LogP contribution is 2.45. The summed E-state index contributed by atoms with van der Waals surface area (Å²) in [4.78, 5) is 72.6. The first kappa shape index (κ1) is 91.1. The Balaban J connectivity index is 5.17. The van der Waals surface area contributed by atoms with Gasteiger partial charge in [0.1, 0.15) is 19.3 Å². The van der Waals surface area contributed by atoms with Gasteiger partial charge in [-0.15, -0.1) is 0 Å². The molecule has 0 amide bonds. The van der Waals surface area contributed by atoms with Crippen LogP contribution in [0.3, 0.4) is 0 Å². The third kappa shape index (κ3) is 67.0. The van der Waals surface area contributed by atoms with Crippen LogP contribution in [0.2, 0.25) is 0 Å². The van der Waals surface area contributed by atoms with Gasteiger partial charge in [-0.3, -0.25) is 37.3 Å². The number of carbonyl (C=O) groups excluding carboxylic acids is 4. The monoisotopic (exact) mass is 1370 g/mol. The number of unbranched alkanes of at least 4 members (excludes halogenated alkanes) is 36. The van der Waals surface area contributed by atoms with E-state index in [1.165, 1.54) is 161 Å². The van der Waals surface area contributed by atoms with Crippen LogP contribution >= 0.6 is 15.6 Å². The van der Waals surface area contributed by atoms with Gasteiger partial charge in [0.2, 0.25) is 0 Å². The number of phosphoric ester groups is 2. The largest absolute Gasteiger partial charge is 0.472 e. The molecule has 17 nitrogen and oxygen atoms in total. The number of hydrogen-bond donors (Lipinski definition) is 3. The average molecular weight is 1370 g/mol. The normalized spacial score (nSPS) is 14.5. The van der Waals surface area contributed by atoms with E-state index in [0.29, 0.717) is 31.6 Å².